The number of nitrogens with one attached hydrogen (secondary N) is 3. The summed E-state index contributed by atoms with van der Waals surface area (Å²) in [5.41, 5.74) is 4.16. The van der Waals surface area contributed by atoms with Gasteiger partial charge in [0, 0.05) is 24.4 Å². The van der Waals surface area contributed by atoms with Gasteiger partial charge in [0.25, 0.3) is 5.91 Å². The molecule has 4 heterocycles. The largest absolute Gasteiger partial charge is 0.382 e. The van der Waals surface area contributed by atoms with Crippen LogP contribution in [0.25, 0.3) is 22.5 Å². The third-order valence-corrected chi connectivity index (χ3v) is 7.19. The maximum atomic E-state index is 13.6. The second-order valence-corrected chi connectivity index (χ2v) is 9.61. The maximum Gasteiger partial charge on any atom is 0.257 e. The van der Waals surface area contributed by atoms with Crippen LogP contribution in [0.5, 0.6) is 0 Å². The van der Waals surface area contributed by atoms with Crippen LogP contribution in [0.15, 0.2) is 61.2 Å². The molecule has 0 saturated carbocycles. The minimum absolute atomic E-state index is 0.00582. The third kappa shape index (κ3) is 4.34. The Labute approximate surface area is 223 Å². The lowest BCUT2D eigenvalue weighted by molar-refractivity contribution is -0.129. The van der Waals surface area contributed by atoms with Gasteiger partial charge in [-0.2, -0.15) is 10.2 Å². The first-order chi connectivity index (χ1) is 18.5. The Morgan fingerprint density at radius 1 is 1.21 bits per heavy atom. The van der Waals surface area contributed by atoms with Crippen molar-refractivity contribution < 1.29 is 14.3 Å². The number of carbonyl (C=O) groups is 1. The van der Waals surface area contributed by atoms with Crippen LogP contribution in [0.4, 0.5) is 0 Å². The first-order valence-electron chi connectivity index (χ1n) is 12.1. The quantitative estimate of drug-likeness (QED) is 0.317. The molecule has 2 fully saturated rings. The fraction of sp³-hybridized carbons (Fsp3) is 0.269. The first-order valence-corrected chi connectivity index (χ1v) is 12.5. The molecular formula is C26H25ClN8O3. The molecule has 6 rings (SSSR count). The van der Waals surface area contributed by atoms with Crippen LogP contribution in [0, 0.1) is 5.41 Å². The predicted octanol–water partition coefficient (Wildman–Crippen LogP) is 3.36. The summed E-state index contributed by atoms with van der Waals surface area (Å²) in [6.07, 6.45) is 5.24. The minimum Gasteiger partial charge on any atom is -0.382 e. The molecule has 11 nitrogen and oxygen atoms in total. The van der Waals surface area contributed by atoms with Gasteiger partial charge in [0.1, 0.15) is 12.4 Å². The first kappa shape index (κ1) is 24.3. The van der Waals surface area contributed by atoms with Crippen molar-refractivity contribution in [2.75, 3.05) is 26.9 Å². The second kappa shape index (κ2) is 10.0. The van der Waals surface area contributed by atoms with Gasteiger partial charge in [-0.3, -0.25) is 24.9 Å². The lowest BCUT2D eigenvalue weighted by atomic mass is 10.0. The molecule has 0 bridgehead atoms. The number of hydrogen-bond acceptors (Lipinski definition) is 7. The number of nitrogens with zero attached hydrogens (tertiary/aromatic N) is 5. The van der Waals surface area contributed by atoms with Crippen molar-refractivity contribution in [3.63, 3.8) is 0 Å². The van der Waals surface area contributed by atoms with Crippen LogP contribution in [0.1, 0.15) is 29.3 Å². The van der Waals surface area contributed by atoms with E-state index in [1.165, 1.54) is 11.2 Å². The third-order valence-electron chi connectivity index (χ3n) is 6.86. The predicted molar refractivity (Wildman–Crippen MR) is 139 cm³/mol. The molecule has 0 radical (unpaired) electrons. The topological polar surface area (TPSA) is 134 Å². The smallest absolute Gasteiger partial charge is 0.257 e. The van der Waals surface area contributed by atoms with E-state index >= 15 is 0 Å². The summed E-state index contributed by atoms with van der Waals surface area (Å²) in [6, 6.07) is 12.2. The molecule has 0 aliphatic carbocycles. The molecule has 2 saturated heterocycles. The zero-order valence-corrected chi connectivity index (χ0v) is 21.2. The van der Waals surface area contributed by atoms with Gasteiger partial charge in [-0.05, 0) is 28.8 Å². The molecule has 1 amide bonds. The SMILES string of the molecule is COCC(c1ccc(Cl)c(-c2ncn[nH]2)c1)N1C(=N)NC(c2ccc(-c3cnn(C4COC4)c3)cc2)C1=O. The fourth-order valence-corrected chi connectivity index (χ4v) is 4.94. The lowest BCUT2D eigenvalue weighted by Crippen LogP contribution is -2.37. The fourth-order valence-electron chi connectivity index (χ4n) is 4.73. The van der Waals surface area contributed by atoms with Gasteiger partial charge in [-0.25, -0.2) is 4.98 Å². The van der Waals surface area contributed by atoms with Gasteiger partial charge in [-0.15, -0.1) is 0 Å². The van der Waals surface area contributed by atoms with Crippen molar-refractivity contribution in [2.45, 2.75) is 18.1 Å². The Morgan fingerprint density at radius 3 is 2.71 bits per heavy atom. The summed E-state index contributed by atoms with van der Waals surface area (Å²) < 4.78 is 12.6. The van der Waals surface area contributed by atoms with Crippen molar-refractivity contribution in [3.8, 4) is 22.5 Å². The van der Waals surface area contributed by atoms with Crippen molar-refractivity contribution in [1.82, 2.24) is 35.2 Å². The summed E-state index contributed by atoms with van der Waals surface area (Å²) in [5, 5.41) is 23.3. The Hall–Kier alpha value is -4.06. The summed E-state index contributed by atoms with van der Waals surface area (Å²) in [5.74, 6) is 0.281. The van der Waals surface area contributed by atoms with E-state index in [0.717, 1.165) is 22.3 Å². The Bertz CT molecular complexity index is 1470. The molecule has 2 aromatic carbocycles. The van der Waals surface area contributed by atoms with Crippen LogP contribution in [0.3, 0.4) is 0 Å². The average molecular weight is 533 g/mol. The Morgan fingerprint density at radius 2 is 2.03 bits per heavy atom. The minimum atomic E-state index is -0.688. The van der Waals surface area contributed by atoms with Gasteiger partial charge in [0.05, 0.1) is 43.1 Å². The average Bonchev–Trinajstić information content (AvgIpc) is 3.64. The van der Waals surface area contributed by atoms with E-state index in [2.05, 4.69) is 25.6 Å². The Balaban J connectivity index is 1.24. The van der Waals surface area contributed by atoms with E-state index < -0.39 is 12.1 Å². The van der Waals surface area contributed by atoms with Crippen molar-refractivity contribution >= 4 is 23.5 Å². The highest BCUT2D eigenvalue weighted by molar-refractivity contribution is 6.33. The van der Waals surface area contributed by atoms with E-state index in [-0.39, 0.29) is 24.5 Å². The van der Waals surface area contributed by atoms with E-state index in [4.69, 9.17) is 26.5 Å². The van der Waals surface area contributed by atoms with Crippen LogP contribution in [0.2, 0.25) is 5.02 Å². The van der Waals surface area contributed by atoms with Gasteiger partial charge in [0.15, 0.2) is 11.8 Å². The molecule has 0 spiro atoms. The number of guanidine groups is 1. The van der Waals surface area contributed by atoms with Gasteiger partial charge in [-0.1, -0.05) is 41.9 Å². The number of carbonyl (C=O) groups excluding carboxylic acids is 1. The maximum absolute atomic E-state index is 13.6. The molecule has 2 aliphatic rings. The molecule has 2 unspecified atom stereocenters. The number of rotatable bonds is 8. The molecule has 194 valence electrons. The molecular weight excluding hydrogens is 508 g/mol. The number of benzene rings is 2. The number of halogens is 1. The van der Waals surface area contributed by atoms with Crippen molar-refractivity contribution in [2.24, 2.45) is 0 Å². The highest BCUT2D eigenvalue weighted by Crippen LogP contribution is 2.34. The van der Waals surface area contributed by atoms with E-state index in [0.29, 0.717) is 29.6 Å². The molecule has 2 atom stereocenters. The number of amides is 1. The number of ether oxygens (including phenoxy) is 2. The summed E-state index contributed by atoms with van der Waals surface area (Å²) in [4.78, 5) is 19.3. The summed E-state index contributed by atoms with van der Waals surface area (Å²) in [7, 11) is 1.56. The number of aromatic nitrogens is 5. The molecule has 2 aromatic heterocycles. The van der Waals surface area contributed by atoms with Crippen molar-refractivity contribution in [3.05, 3.63) is 77.3 Å². The Kier molecular flexibility index (Phi) is 6.40. The van der Waals surface area contributed by atoms with Crippen LogP contribution in [-0.2, 0) is 14.3 Å². The van der Waals surface area contributed by atoms with Crippen LogP contribution >= 0.6 is 11.6 Å². The lowest BCUT2D eigenvalue weighted by Gasteiger charge is -2.27. The highest BCUT2D eigenvalue weighted by atomic mass is 35.5. The monoisotopic (exact) mass is 532 g/mol. The molecule has 38 heavy (non-hydrogen) atoms. The van der Waals surface area contributed by atoms with Crippen molar-refractivity contribution in [1.29, 1.82) is 5.41 Å². The number of aromatic amines is 1. The highest BCUT2D eigenvalue weighted by Gasteiger charge is 2.41. The standard InChI is InChI=1S/C26H25ClN8O3/c1-37-13-22(17-6-7-21(27)20(8-17)24-29-14-30-33-24)35-25(36)23(32-26(35)28)16-4-2-15(3-5-16)18-9-31-34(10-18)19-11-38-12-19/h2-10,14,19,22-23H,11-13H2,1H3,(H2,28,32)(H,29,30,33). The number of methoxy groups -OCH3 is 1. The summed E-state index contributed by atoms with van der Waals surface area (Å²) >= 11 is 6.41. The van der Waals surface area contributed by atoms with Gasteiger partial charge >= 0.3 is 0 Å². The van der Waals surface area contributed by atoms with Gasteiger partial charge in [0.2, 0.25) is 0 Å². The van der Waals surface area contributed by atoms with E-state index in [9.17, 15) is 4.79 Å². The molecule has 3 N–H and O–H groups in total. The van der Waals surface area contributed by atoms with E-state index in [1.54, 1.807) is 13.2 Å². The van der Waals surface area contributed by atoms with Crippen LogP contribution in [-0.4, -0.2) is 68.7 Å². The zero-order valence-electron chi connectivity index (χ0n) is 20.5. The molecule has 4 aromatic rings. The zero-order chi connectivity index (χ0) is 26.2. The summed E-state index contributed by atoms with van der Waals surface area (Å²) in [6.45, 7) is 1.55. The number of hydrogen-bond donors (Lipinski definition) is 3. The number of H-pyrrole nitrogens is 1. The second-order valence-electron chi connectivity index (χ2n) is 9.20. The normalized spacial score (nSPS) is 18.5. The van der Waals surface area contributed by atoms with E-state index in [1.807, 2.05) is 53.5 Å². The van der Waals surface area contributed by atoms with Crippen LogP contribution < -0.4 is 5.32 Å². The van der Waals surface area contributed by atoms with Gasteiger partial charge < -0.3 is 14.8 Å². The molecule has 2 aliphatic heterocycles. The molecule has 12 heteroatoms.